The van der Waals surface area contributed by atoms with E-state index in [-0.39, 0.29) is 23.5 Å². The molecule has 1 aromatic rings. The fourth-order valence-corrected chi connectivity index (χ4v) is 4.73. The number of hydrogen-bond acceptors (Lipinski definition) is 7. The fourth-order valence-electron chi connectivity index (χ4n) is 3.29. The lowest BCUT2D eigenvalue weighted by Gasteiger charge is -2.27. The number of primary amides is 1. The SMILES string of the molecule is C[C@H](OC(=O)c1cc(S(=O)(=O)N2CCOCC2)ccc1N1CCCC1)C(N)=O. The van der Waals surface area contributed by atoms with E-state index in [1.54, 1.807) is 6.07 Å². The Morgan fingerprint density at radius 2 is 1.79 bits per heavy atom. The number of ether oxygens (including phenoxy) is 2. The van der Waals surface area contributed by atoms with Crippen molar-refractivity contribution in [2.75, 3.05) is 44.3 Å². The van der Waals surface area contributed by atoms with E-state index in [9.17, 15) is 18.0 Å². The summed E-state index contributed by atoms with van der Waals surface area (Å²) in [4.78, 5) is 26.0. The Balaban J connectivity index is 1.97. The van der Waals surface area contributed by atoms with Gasteiger partial charge in [-0.15, -0.1) is 0 Å². The van der Waals surface area contributed by atoms with Crippen molar-refractivity contribution in [2.24, 2.45) is 5.73 Å². The van der Waals surface area contributed by atoms with Gasteiger partial charge in [0.05, 0.1) is 29.4 Å². The number of esters is 1. The molecule has 0 spiro atoms. The maximum absolute atomic E-state index is 13.0. The van der Waals surface area contributed by atoms with Crippen LogP contribution in [0.1, 0.15) is 30.1 Å². The van der Waals surface area contributed by atoms with Gasteiger partial charge < -0.3 is 20.1 Å². The molecule has 2 fully saturated rings. The minimum absolute atomic E-state index is 0.0102. The number of morpholine rings is 1. The van der Waals surface area contributed by atoms with Crippen LogP contribution < -0.4 is 10.6 Å². The van der Waals surface area contributed by atoms with Gasteiger partial charge in [-0.2, -0.15) is 4.31 Å². The second-order valence-electron chi connectivity index (χ2n) is 6.84. The van der Waals surface area contributed by atoms with Crippen molar-refractivity contribution in [1.29, 1.82) is 0 Å². The van der Waals surface area contributed by atoms with Crippen LogP contribution in [-0.4, -0.2) is 70.1 Å². The van der Waals surface area contributed by atoms with Crippen molar-refractivity contribution in [1.82, 2.24) is 4.31 Å². The number of carbonyl (C=O) groups excluding carboxylic acids is 2. The first kappa shape index (κ1) is 20.6. The molecule has 9 nitrogen and oxygen atoms in total. The van der Waals surface area contributed by atoms with Crippen molar-refractivity contribution < 1.29 is 27.5 Å². The van der Waals surface area contributed by atoms with Gasteiger partial charge in [0.1, 0.15) is 0 Å². The molecule has 0 bridgehead atoms. The van der Waals surface area contributed by atoms with Gasteiger partial charge in [-0.3, -0.25) is 4.79 Å². The van der Waals surface area contributed by atoms with Crippen molar-refractivity contribution in [3.8, 4) is 0 Å². The van der Waals surface area contributed by atoms with Gasteiger partial charge in [0, 0.05) is 26.2 Å². The van der Waals surface area contributed by atoms with Crippen LogP contribution in [0.25, 0.3) is 0 Å². The largest absolute Gasteiger partial charge is 0.449 e. The Hall–Kier alpha value is -2.17. The van der Waals surface area contributed by atoms with E-state index in [1.807, 2.05) is 4.90 Å². The van der Waals surface area contributed by atoms with E-state index in [1.165, 1.54) is 23.4 Å². The molecule has 0 aliphatic carbocycles. The van der Waals surface area contributed by atoms with E-state index < -0.39 is 28.0 Å². The fraction of sp³-hybridized carbons (Fsp3) is 0.556. The van der Waals surface area contributed by atoms with Crippen LogP contribution in [0, 0.1) is 0 Å². The molecule has 2 aliphatic heterocycles. The first-order valence-corrected chi connectivity index (χ1v) is 10.7. The first-order valence-electron chi connectivity index (χ1n) is 9.28. The highest BCUT2D eigenvalue weighted by Crippen LogP contribution is 2.29. The summed E-state index contributed by atoms with van der Waals surface area (Å²) < 4.78 is 37.6. The molecule has 3 rings (SSSR count). The monoisotopic (exact) mass is 411 g/mol. The Labute approximate surface area is 164 Å². The average Bonchev–Trinajstić information content (AvgIpc) is 3.22. The summed E-state index contributed by atoms with van der Waals surface area (Å²) in [6, 6.07) is 4.46. The minimum Gasteiger partial charge on any atom is -0.449 e. The Morgan fingerprint density at radius 1 is 1.14 bits per heavy atom. The van der Waals surface area contributed by atoms with E-state index in [0.29, 0.717) is 18.9 Å². The summed E-state index contributed by atoms with van der Waals surface area (Å²) in [6.45, 7) is 4.09. The van der Waals surface area contributed by atoms with Crippen molar-refractivity contribution >= 4 is 27.6 Å². The quantitative estimate of drug-likeness (QED) is 0.670. The van der Waals surface area contributed by atoms with Gasteiger partial charge in [-0.1, -0.05) is 0 Å². The highest BCUT2D eigenvalue weighted by atomic mass is 32.2. The zero-order valence-electron chi connectivity index (χ0n) is 15.8. The summed E-state index contributed by atoms with van der Waals surface area (Å²) in [5, 5.41) is 0. The number of anilines is 1. The van der Waals surface area contributed by atoms with Gasteiger partial charge in [0.15, 0.2) is 6.10 Å². The number of sulfonamides is 1. The third-order valence-corrected chi connectivity index (χ3v) is 6.82. The Morgan fingerprint density at radius 3 is 2.39 bits per heavy atom. The molecule has 1 amide bonds. The van der Waals surface area contributed by atoms with Gasteiger partial charge in [0.25, 0.3) is 5.91 Å². The van der Waals surface area contributed by atoms with Crippen LogP contribution in [0.3, 0.4) is 0 Å². The van der Waals surface area contributed by atoms with Gasteiger partial charge in [-0.05, 0) is 38.0 Å². The predicted molar refractivity (Wildman–Crippen MR) is 102 cm³/mol. The summed E-state index contributed by atoms with van der Waals surface area (Å²) in [7, 11) is -3.77. The Kier molecular flexibility index (Phi) is 6.21. The van der Waals surface area contributed by atoms with Gasteiger partial charge in [0.2, 0.25) is 10.0 Å². The molecule has 28 heavy (non-hydrogen) atoms. The lowest BCUT2D eigenvalue weighted by Crippen LogP contribution is -2.40. The molecule has 0 unspecified atom stereocenters. The summed E-state index contributed by atoms with van der Waals surface area (Å²) >= 11 is 0. The maximum Gasteiger partial charge on any atom is 0.341 e. The third-order valence-electron chi connectivity index (χ3n) is 4.93. The number of rotatable bonds is 6. The third kappa shape index (κ3) is 4.29. The number of nitrogens with two attached hydrogens (primary N) is 1. The second kappa shape index (κ2) is 8.46. The second-order valence-corrected chi connectivity index (χ2v) is 8.78. The lowest BCUT2D eigenvalue weighted by atomic mass is 10.1. The summed E-state index contributed by atoms with van der Waals surface area (Å²) in [5.41, 5.74) is 5.89. The van der Waals surface area contributed by atoms with Crippen LogP contribution in [0.4, 0.5) is 5.69 Å². The highest BCUT2D eigenvalue weighted by Gasteiger charge is 2.30. The van der Waals surface area contributed by atoms with Crippen LogP contribution in [0.15, 0.2) is 23.1 Å². The Bertz CT molecular complexity index is 845. The van der Waals surface area contributed by atoms with E-state index in [0.717, 1.165) is 25.9 Å². The number of nitrogens with zero attached hydrogens (tertiary/aromatic N) is 2. The standard InChI is InChI=1S/C18H25N3O6S/c1-13(17(19)22)27-18(23)15-12-14(4-5-16(15)20-6-2-3-7-20)28(24,25)21-8-10-26-11-9-21/h4-5,12-13H,2-3,6-11H2,1H3,(H2,19,22)/t13-/m0/s1. The van der Waals surface area contributed by atoms with Crippen LogP contribution in [0.5, 0.6) is 0 Å². The molecule has 0 saturated carbocycles. The summed E-state index contributed by atoms with van der Waals surface area (Å²) in [6.07, 6.45) is 0.860. The van der Waals surface area contributed by atoms with Crippen LogP contribution >= 0.6 is 0 Å². The molecule has 2 saturated heterocycles. The topological polar surface area (TPSA) is 119 Å². The van der Waals surface area contributed by atoms with Crippen molar-refractivity contribution in [2.45, 2.75) is 30.8 Å². The molecule has 2 aliphatic rings. The molecule has 0 radical (unpaired) electrons. The molecule has 1 aromatic carbocycles. The van der Waals surface area contributed by atoms with Gasteiger partial charge in [-0.25, -0.2) is 13.2 Å². The van der Waals surface area contributed by atoms with E-state index in [2.05, 4.69) is 0 Å². The van der Waals surface area contributed by atoms with Crippen molar-refractivity contribution in [3.05, 3.63) is 23.8 Å². The zero-order valence-corrected chi connectivity index (χ0v) is 16.6. The van der Waals surface area contributed by atoms with E-state index >= 15 is 0 Å². The minimum atomic E-state index is -3.77. The number of benzene rings is 1. The maximum atomic E-state index is 13.0. The number of carbonyl (C=O) groups is 2. The molecule has 1 atom stereocenters. The molecule has 10 heteroatoms. The average molecular weight is 411 g/mol. The molecular weight excluding hydrogens is 386 g/mol. The predicted octanol–water partition coefficient (Wildman–Crippen LogP) is 0.338. The molecule has 2 heterocycles. The number of hydrogen-bond donors (Lipinski definition) is 1. The highest BCUT2D eigenvalue weighted by molar-refractivity contribution is 7.89. The van der Waals surface area contributed by atoms with Gasteiger partial charge >= 0.3 is 5.97 Å². The summed E-state index contributed by atoms with van der Waals surface area (Å²) in [5.74, 6) is -1.54. The van der Waals surface area contributed by atoms with Crippen molar-refractivity contribution in [3.63, 3.8) is 0 Å². The molecule has 154 valence electrons. The zero-order chi connectivity index (χ0) is 20.3. The molecular formula is C18H25N3O6S. The lowest BCUT2D eigenvalue weighted by molar-refractivity contribution is -0.125. The van der Waals surface area contributed by atoms with Crippen LogP contribution in [0.2, 0.25) is 0 Å². The molecule has 2 N–H and O–H groups in total. The van der Waals surface area contributed by atoms with Crippen LogP contribution in [-0.2, 0) is 24.3 Å². The van der Waals surface area contributed by atoms with E-state index in [4.69, 9.17) is 15.2 Å². The smallest absolute Gasteiger partial charge is 0.341 e. The number of amides is 1. The first-order chi connectivity index (χ1) is 13.3. The molecule has 0 aromatic heterocycles. The normalized spacial score (nSPS) is 19.4.